The molecule has 0 aliphatic heterocycles. The zero-order valence-electron chi connectivity index (χ0n) is 14.7. The maximum atomic E-state index is 12.5. The molecule has 0 heterocycles. The molecule has 2 rings (SSSR count). The van der Waals surface area contributed by atoms with Gasteiger partial charge in [-0.15, -0.1) is 0 Å². The van der Waals surface area contributed by atoms with E-state index >= 15 is 0 Å². The van der Waals surface area contributed by atoms with Crippen molar-refractivity contribution in [2.75, 3.05) is 13.7 Å². The van der Waals surface area contributed by atoms with E-state index in [2.05, 4.69) is 4.72 Å². The molecule has 0 bridgehead atoms. The number of carboxylic acid groups (broad SMARTS) is 1. The number of ether oxygens (including phenoxy) is 1. The van der Waals surface area contributed by atoms with Crippen LogP contribution >= 0.6 is 11.6 Å². The molecule has 2 N–H and O–H groups in total. The second-order valence-corrected chi connectivity index (χ2v) is 7.98. The number of nitro groups is 1. The average molecular weight is 429 g/mol. The highest BCUT2D eigenvalue weighted by Crippen LogP contribution is 2.28. The van der Waals surface area contributed by atoms with Gasteiger partial charge in [0, 0.05) is 17.6 Å². The lowest BCUT2D eigenvalue weighted by atomic mass is 10.00. The molecule has 0 aliphatic rings. The molecule has 150 valence electrons. The molecule has 9 nitrogen and oxygen atoms in total. The zero-order valence-corrected chi connectivity index (χ0v) is 16.2. The van der Waals surface area contributed by atoms with E-state index in [1.807, 2.05) is 0 Å². The van der Waals surface area contributed by atoms with Gasteiger partial charge in [0.15, 0.2) is 0 Å². The van der Waals surface area contributed by atoms with E-state index < -0.39 is 26.8 Å². The maximum Gasteiger partial charge on any atom is 0.308 e. The van der Waals surface area contributed by atoms with Crippen LogP contribution in [-0.4, -0.2) is 38.1 Å². The molecule has 0 saturated heterocycles. The molecular weight excluding hydrogens is 412 g/mol. The predicted molar refractivity (Wildman–Crippen MR) is 101 cm³/mol. The Morgan fingerprint density at radius 1 is 1.29 bits per heavy atom. The van der Waals surface area contributed by atoms with Gasteiger partial charge in [-0.25, -0.2) is 13.1 Å². The molecule has 0 fully saturated rings. The number of hydrogen-bond donors (Lipinski definition) is 2. The van der Waals surface area contributed by atoms with Crippen LogP contribution in [0.2, 0.25) is 5.02 Å². The molecule has 0 amide bonds. The molecular formula is C17H17ClN2O7S. The van der Waals surface area contributed by atoms with Crippen molar-refractivity contribution in [1.82, 2.24) is 4.72 Å². The van der Waals surface area contributed by atoms with Crippen LogP contribution in [0.15, 0.2) is 47.4 Å². The second kappa shape index (κ2) is 9.00. The van der Waals surface area contributed by atoms with E-state index in [0.717, 1.165) is 18.2 Å². The number of hydrogen-bond acceptors (Lipinski definition) is 6. The summed E-state index contributed by atoms with van der Waals surface area (Å²) in [6, 6.07) is 9.59. The topological polar surface area (TPSA) is 136 Å². The minimum atomic E-state index is -4.16. The Labute approximate surface area is 166 Å². The van der Waals surface area contributed by atoms with Crippen LogP contribution < -0.4 is 9.46 Å². The number of carbonyl (C=O) groups is 1. The smallest absolute Gasteiger partial charge is 0.308 e. The highest BCUT2D eigenvalue weighted by molar-refractivity contribution is 7.89. The number of non-ortho nitro benzene ring substituents is 1. The van der Waals surface area contributed by atoms with E-state index in [4.69, 9.17) is 16.3 Å². The van der Waals surface area contributed by atoms with E-state index in [1.165, 1.54) is 7.11 Å². The van der Waals surface area contributed by atoms with Gasteiger partial charge in [0.05, 0.1) is 24.0 Å². The number of nitro benzene ring substituents is 1. The Hall–Kier alpha value is -2.69. The van der Waals surface area contributed by atoms with Gasteiger partial charge in [-0.1, -0.05) is 23.7 Å². The van der Waals surface area contributed by atoms with Gasteiger partial charge in [-0.05, 0) is 30.2 Å². The SMILES string of the molecule is COc1cc([N+](=O)[O-])ccc1S(=O)(=O)NCC(Cc1ccc(Cl)cc1)C(=O)O. The summed E-state index contributed by atoms with van der Waals surface area (Å²) in [5.41, 5.74) is 0.353. The largest absolute Gasteiger partial charge is 0.495 e. The first-order valence-electron chi connectivity index (χ1n) is 7.93. The van der Waals surface area contributed by atoms with Crippen LogP contribution in [0.3, 0.4) is 0 Å². The van der Waals surface area contributed by atoms with Gasteiger partial charge in [-0.3, -0.25) is 14.9 Å². The summed E-state index contributed by atoms with van der Waals surface area (Å²) in [4.78, 5) is 21.3. The first-order chi connectivity index (χ1) is 13.1. The van der Waals surface area contributed by atoms with Gasteiger partial charge in [0.1, 0.15) is 10.6 Å². The average Bonchev–Trinajstić information content (AvgIpc) is 2.65. The Morgan fingerprint density at radius 3 is 2.46 bits per heavy atom. The Balaban J connectivity index is 2.19. The van der Waals surface area contributed by atoms with Gasteiger partial charge < -0.3 is 9.84 Å². The molecule has 1 atom stereocenters. The lowest BCUT2D eigenvalue weighted by Crippen LogP contribution is -2.34. The molecule has 11 heteroatoms. The van der Waals surface area contributed by atoms with Crippen molar-refractivity contribution >= 4 is 33.3 Å². The highest BCUT2D eigenvalue weighted by Gasteiger charge is 2.25. The maximum absolute atomic E-state index is 12.5. The number of benzene rings is 2. The molecule has 2 aromatic carbocycles. The van der Waals surface area contributed by atoms with E-state index in [9.17, 15) is 28.4 Å². The molecule has 0 aromatic heterocycles. The van der Waals surface area contributed by atoms with Crippen molar-refractivity contribution in [3.8, 4) is 5.75 Å². The monoisotopic (exact) mass is 428 g/mol. The molecule has 1 unspecified atom stereocenters. The van der Waals surface area contributed by atoms with Crippen LogP contribution in [-0.2, 0) is 21.2 Å². The van der Waals surface area contributed by atoms with Crippen molar-refractivity contribution in [2.24, 2.45) is 5.92 Å². The third kappa shape index (κ3) is 5.41. The van der Waals surface area contributed by atoms with Gasteiger partial charge >= 0.3 is 5.97 Å². The fraction of sp³-hybridized carbons (Fsp3) is 0.235. The summed E-state index contributed by atoms with van der Waals surface area (Å²) in [7, 11) is -2.98. The van der Waals surface area contributed by atoms with Crippen molar-refractivity contribution in [3.05, 3.63) is 63.2 Å². The molecule has 28 heavy (non-hydrogen) atoms. The number of rotatable bonds is 9. The summed E-state index contributed by atoms with van der Waals surface area (Å²) in [5, 5.41) is 20.7. The Bertz CT molecular complexity index is 978. The summed E-state index contributed by atoms with van der Waals surface area (Å²) in [5.74, 6) is -2.42. The van der Waals surface area contributed by atoms with Gasteiger partial charge in [-0.2, -0.15) is 0 Å². The Kier molecular flexibility index (Phi) is 6.95. The molecule has 0 saturated carbocycles. The molecule has 2 aromatic rings. The minimum Gasteiger partial charge on any atom is -0.495 e. The fourth-order valence-corrected chi connectivity index (χ4v) is 3.79. The molecule has 0 spiro atoms. The normalized spacial score (nSPS) is 12.4. The predicted octanol–water partition coefficient (Wildman–Crippen LogP) is 2.48. The van der Waals surface area contributed by atoms with Crippen LogP contribution in [0.4, 0.5) is 5.69 Å². The highest BCUT2D eigenvalue weighted by atomic mass is 35.5. The van der Waals surface area contributed by atoms with Crippen LogP contribution in [0, 0.1) is 16.0 Å². The van der Waals surface area contributed by atoms with E-state index in [1.54, 1.807) is 24.3 Å². The standard InChI is InChI=1S/C17H17ClN2O7S/c1-27-15-9-14(20(23)24)6-7-16(15)28(25,26)19-10-12(17(21)22)8-11-2-4-13(18)5-3-11/h2-7,9,12,19H,8,10H2,1H3,(H,21,22). The van der Waals surface area contributed by atoms with Crippen LogP contribution in [0.25, 0.3) is 0 Å². The fourth-order valence-electron chi connectivity index (χ4n) is 2.43. The van der Waals surface area contributed by atoms with Crippen molar-refractivity contribution in [3.63, 3.8) is 0 Å². The summed E-state index contributed by atoms with van der Waals surface area (Å²) in [6.07, 6.45) is 0.0897. The summed E-state index contributed by atoms with van der Waals surface area (Å²) < 4.78 is 32.3. The third-order valence-electron chi connectivity index (χ3n) is 3.91. The van der Waals surface area contributed by atoms with Crippen LogP contribution in [0.1, 0.15) is 5.56 Å². The van der Waals surface area contributed by atoms with Gasteiger partial charge in [0.25, 0.3) is 5.69 Å². The number of sulfonamides is 1. The third-order valence-corrected chi connectivity index (χ3v) is 5.63. The quantitative estimate of drug-likeness (QED) is 0.462. The summed E-state index contributed by atoms with van der Waals surface area (Å²) in [6.45, 7) is -0.375. The van der Waals surface area contributed by atoms with Crippen molar-refractivity contribution in [1.29, 1.82) is 0 Å². The van der Waals surface area contributed by atoms with E-state index in [0.29, 0.717) is 10.6 Å². The molecule has 0 radical (unpaired) electrons. The molecule has 0 aliphatic carbocycles. The lowest BCUT2D eigenvalue weighted by Gasteiger charge is -2.15. The minimum absolute atomic E-state index is 0.0897. The Morgan fingerprint density at radius 2 is 1.93 bits per heavy atom. The number of nitrogens with one attached hydrogen (secondary N) is 1. The number of carboxylic acids is 1. The van der Waals surface area contributed by atoms with Crippen molar-refractivity contribution in [2.45, 2.75) is 11.3 Å². The number of aliphatic carboxylic acids is 1. The van der Waals surface area contributed by atoms with Crippen molar-refractivity contribution < 1.29 is 28.0 Å². The number of halogens is 1. The van der Waals surface area contributed by atoms with E-state index in [-0.39, 0.29) is 29.3 Å². The second-order valence-electron chi connectivity index (χ2n) is 5.81. The lowest BCUT2D eigenvalue weighted by molar-refractivity contribution is -0.385. The first kappa shape index (κ1) is 21.6. The number of nitrogens with zero attached hydrogens (tertiary/aromatic N) is 1. The summed E-state index contributed by atoms with van der Waals surface area (Å²) >= 11 is 5.80. The number of methoxy groups -OCH3 is 1. The zero-order chi connectivity index (χ0) is 20.9. The first-order valence-corrected chi connectivity index (χ1v) is 9.79. The van der Waals surface area contributed by atoms with Gasteiger partial charge in [0.2, 0.25) is 10.0 Å². The van der Waals surface area contributed by atoms with Crippen LogP contribution in [0.5, 0.6) is 5.75 Å².